The topological polar surface area (TPSA) is 111 Å². The lowest BCUT2D eigenvalue weighted by atomic mass is 9.70. The Kier molecular flexibility index (Phi) is 13.9. The Morgan fingerprint density at radius 1 is 0.868 bits per heavy atom. The van der Waals surface area contributed by atoms with Gasteiger partial charge >= 0.3 is 5.97 Å². The van der Waals surface area contributed by atoms with E-state index in [2.05, 4.69) is 45.0 Å². The molecule has 1 saturated carbocycles. The van der Waals surface area contributed by atoms with Gasteiger partial charge in [0.2, 0.25) is 0 Å². The van der Waals surface area contributed by atoms with Crippen LogP contribution in [0.1, 0.15) is 85.5 Å². The first-order valence-electron chi connectivity index (χ1n) is 20.1. The van der Waals surface area contributed by atoms with E-state index in [-0.39, 0.29) is 96.8 Å². The number of hydrogen-bond acceptors (Lipinski definition) is 11. The Bertz CT molecular complexity index is 1340. The summed E-state index contributed by atoms with van der Waals surface area (Å²) in [6.07, 6.45) is 7.66. The third-order valence-corrected chi connectivity index (χ3v) is 13.7. The Morgan fingerprint density at radius 3 is 2.26 bits per heavy atom. The van der Waals surface area contributed by atoms with Crippen molar-refractivity contribution >= 4 is 23.4 Å². The van der Waals surface area contributed by atoms with Gasteiger partial charge in [-0.1, -0.05) is 37.6 Å². The summed E-state index contributed by atoms with van der Waals surface area (Å²) >= 11 is 7.20. The second-order valence-electron chi connectivity index (χ2n) is 16.6. The summed E-state index contributed by atoms with van der Waals surface area (Å²) in [6.45, 7) is 8.10. The average Bonchev–Trinajstić information content (AvgIpc) is 3.70. The van der Waals surface area contributed by atoms with Crippen LogP contribution < -0.4 is 0 Å². The van der Waals surface area contributed by atoms with E-state index in [0.717, 1.165) is 44.9 Å². The van der Waals surface area contributed by atoms with Gasteiger partial charge in [0.1, 0.15) is 24.4 Å². The van der Waals surface area contributed by atoms with Gasteiger partial charge in [-0.25, -0.2) is 0 Å². The molecule has 0 aromatic carbocycles. The lowest BCUT2D eigenvalue weighted by molar-refractivity contribution is -0.314. The van der Waals surface area contributed by atoms with Gasteiger partial charge in [0, 0.05) is 50.2 Å². The number of hydrogen-bond donors (Lipinski definition) is 0. The zero-order valence-corrected chi connectivity index (χ0v) is 34.0. The minimum absolute atomic E-state index is 0.0129. The van der Waals surface area contributed by atoms with Crippen molar-refractivity contribution in [2.75, 3.05) is 35.4 Å². The molecule has 3 aliphatic carbocycles. The number of allylic oxidation sites excluding steroid dienone is 4. The Labute approximate surface area is 321 Å². The van der Waals surface area contributed by atoms with E-state index in [4.69, 9.17) is 49.5 Å². The van der Waals surface area contributed by atoms with E-state index < -0.39 is 18.3 Å². The predicted octanol–water partition coefficient (Wildman–Crippen LogP) is 6.05. The van der Waals surface area contributed by atoms with Crippen molar-refractivity contribution in [3.05, 3.63) is 22.8 Å². The molecule has 0 bridgehead atoms. The largest absolute Gasteiger partial charge is 0.462 e. The number of fused-ring (bicyclic) bond motifs is 5. The fourth-order valence-corrected chi connectivity index (χ4v) is 10.9. The van der Waals surface area contributed by atoms with Crippen LogP contribution in [0, 0.1) is 35.5 Å². The second-order valence-corrected chi connectivity index (χ2v) is 17.0. The minimum Gasteiger partial charge on any atom is -0.462 e. The van der Waals surface area contributed by atoms with Crippen LogP contribution in [0.2, 0.25) is 0 Å². The van der Waals surface area contributed by atoms with Gasteiger partial charge in [0.15, 0.2) is 18.4 Å². The second kappa shape index (κ2) is 17.8. The standard InChI is InChI=1S/C41H64ClNO10/c1-10-25-12-11-13-33(53-35-15-14-32(43(5)6)22(3)49-35)21(2)37(45)30-19-28-27-18-26(16-24(27)17-31(42)36(28)29(30)20-34(44)51-25)52-41-40(48-9)39(47-8)38(46-7)23(4)50-41/h17,19,21-29,32-33,35-36,38-41H,10-16,18,20H2,1-9H3/t21-,22?,23?,24?,25+,26-,27-,28+,29-,32+,33+,35+,36?,38+,39?,40?,41+/m1/s1. The molecule has 0 N–H and O–H groups in total. The number of ketones is 1. The zero-order valence-electron chi connectivity index (χ0n) is 33.2. The summed E-state index contributed by atoms with van der Waals surface area (Å²) in [7, 11) is 9.10. The molecule has 3 saturated heterocycles. The lowest BCUT2D eigenvalue weighted by Gasteiger charge is -2.44. The van der Waals surface area contributed by atoms with Crippen LogP contribution in [0.3, 0.4) is 0 Å². The molecule has 0 radical (unpaired) electrons. The molecule has 0 aromatic rings. The molecule has 11 nitrogen and oxygen atoms in total. The number of carbonyl (C=O) groups is 2. The molecule has 0 amide bonds. The van der Waals surface area contributed by atoms with Crippen LogP contribution in [0.15, 0.2) is 22.8 Å². The number of rotatable bonds is 9. The van der Waals surface area contributed by atoms with Crippen molar-refractivity contribution in [2.24, 2.45) is 35.5 Å². The van der Waals surface area contributed by atoms with Gasteiger partial charge in [-0.15, -0.1) is 0 Å². The van der Waals surface area contributed by atoms with Crippen LogP contribution >= 0.6 is 11.6 Å². The molecule has 6 unspecified atom stereocenters. The quantitative estimate of drug-likeness (QED) is 0.256. The molecular weight excluding hydrogens is 702 g/mol. The van der Waals surface area contributed by atoms with E-state index in [9.17, 15) is 9.59 Å². The summed E-state index contributed by atoms with van der Waals surface area (Å²) in [4.78, 5) is 30.5. The Morgan fingerprint density at radius 2 is 1.60 bits per heavy atom. The van der Waals surface area contributed by atoms with Gasteiger partial charge in [-0.3, -0.25) is 9.59 Å². The van der Waals surface area contributed by atoms with E-state index in [0.29, 0.717) is 23.1 Å². The summed E-state index contributed by atoms with van der Waals surface area (Å²) in [5.74, 6) is -0.862. The van der Waals surface area contributed by atoms with Gasteiger partial charge in [0.05, 0.1) is 30.8 Å². The van der Waals surface area contributed by atoms with Crippen molar-refractivity contribution in [2.45, 2.75) is 153 Å². The first-order valence-corrected chi connectivity index (χ1v) is 20.5. The van der Waals surface area contributed by atoms with Crippen LogP contribution in [-0.2, 0) is 47.5 Å². The molecule has 300 valence electrons. The number of esters is 1. The maximum Gasteiger partial charge on any atom is 0.306 e. The van der Waals surface area contributed by atoms with Crippen molar-refractivity contribution < 1.29 is 47.5 Å². The number of halogens is 1. The van der Waals surface area contributed by atoms with E-state index in [1.807, 2.05) is 13.8 Å². The highest BCUT2D eigenvalue weighted by Crippen LogP contribution is 2.57. The van der Waals surface area contributed by atoms with Gasteiger partial charge in [0.25, 0.3) is 0 Å². The van der Waals surface area contributed by atoms with E-state index in [1.54, 1.807) is 21.3 Å². The fourth-order valence-electron chi connectivity index (χ4n) is 10.5. The number of cyclic esters (lactones) is 1. The smallest absolute Gasteiger partial charge is 0.306 e. The maximum atomic E-state index is 14.7. The molecule has 53 heavy (non-hydrogen) atoms. The molecule has 3 aliphatic heterocycles. The number of nitrogens with zero attached hydrogens (tertiary/aromatic N) is 1. The summed E-state index contributed by atoms with van der Waals surface area (Å²) < 4.78 is 49.5. The van der Waals surface area contributed by atoms with Gasteiger partial charge in [-0.05, 0) is 103 Å². The highest BCUT2D eigenvalue weighted by atomic mass is 35.5. The average molecular weight is 766 g/mol. The van der Waals surface area contributed by atoms with Crippen LogP contribution in [-0.4, -0.2) is 120 Å². The molecule has 0 spiro atoms. The van der Waals surface area contributed by atoms with Crippen LogP contribution in [0.4, 0.5) is 0 Å². The van der Waals surface area contributed by atoms with Crippen molar-refractivity contribution in [3.8, 4) is 0 Å². The normalized spacial score (nSPS) is 45.3. The molecule has 4 fully saturated rings. The Hall–Kier alpha value is -1.41. The zero-order chi connectivity index (χ0) is 38.1. The number of ether oxygens (including phenoxy) is 8. The third kappa shape index (κ3) is 8.64. The SMILES string of the molecule is CC[C@H]1CCC[C@H](O[C@H]2CC[C@H](N(C)C)C(C)O2)[C@@H](C)C(=O)C2=C[C@@H]3C(C(Cl)=CC4C[C@@H](O[C@@H]5OC(C)[C@H](OC)C(OC)C5OC)C[C@H]43)[C@@H]2CC(=O)O1. The number of carbonyl (C=O) groups excluding carboxylic acids is 2. The molecule has 6 aliphatic rings. The van der Waals surface area contributed by atoms with E-state index >= 15 is 0 Å². The number of likely N-dealkylation sites (N-methyl/N-ethyl adjacent to an activating group) is 1. The van der Waals surface area contributed by atoms with Crippen LogP contribution in [0.25, 0.3) is 0 Å². The first kappa shape index (κ1) is 41.2. The van der Waals surface area contributed by atoms with Crippen molar-refractivity contribution in [1.29, 1.82) is 0 Å². The molecule has 6 rings (SSSR count). The molecular formula is C41H64ClNO10. The lowest BCUT2D eigenvalue weighted by Crippen LogP contribution is -2.59. The van der Waals surface area contributed by atoms with Crippen molar-refractivity contribution in [1.82, 2.24) is 4.90 Å². The molecule has 17 atom stereocenters. The highest BCUT2D eigenvalue weighted by Gasteiger charge is 2.54. The summed E-state index contributed by atoms with van der Waals surface area (Å²) in [6, 6.07) is 0.325. The maximum absolute atomic E-state index is 14.7. The Balaban J connectivity index is 1.23. The minimum atomic E-state index is -0.630. The molecule has 12 heteroatoms. The summed E-state index contributed by atoms with van der Waals surface area (Å²) in [5, 5.41) is 0.716. The first-order chi connectivity index (χ1) is 25.4. The van der Waals surface area contributed by atoms with Gasteiger partial charge in [-0.2, -0.15) is 0 Å². The number of methoxy groups -OCH3 is 3. The fraction of sp³-hybridized carbons (Fsp3) is 0.854. The monoisotopic (exact) mass is 765 g/mol. The highest BCUT2D eigenvalue weighted by molar-refractivity contribution is 6.30. The number of Topliss-reactive ketones (excluding diaryl/α,β-unsaturated/α-hetero) is 1. The van der Waals surface area contributed by atoms with Crippen molar-refractivity contribution in [3.63, 3.8) is 0 Å². The van der Waals surface area contributed by atoms with Crippen LogP contribution in [0.5, 0.6) is 0 Å². The van der Waals surface area contributed by atoms with Gasteiger partial charge < -0.3 is 42.8 Å². The summed E-state index contributed by atoms with van der Waals surface area (Å²) in [5.41, 5.74) is 0.686. The van der Waals surface area contributed by atoms with E-state index in [1.165, 1.54) is 0 Å². The molecule has 3 heterocycles. The molecule has 0 aromatic heterocycles. The third-order valence-electron chi connectivity index (χ3n) is 13.3. The predicted molar refractivity (Wildman–Crippen MR) is 199 cm³/mol.